The number of carbonyl (C=O) groups excluding carboxylic acids is 1. The standard InChI is InChI=1S/C22H30N2O5S/c1-15(2)29-20-11-10-18(12-21(20)28-5)13-23-22(25)14-24(30(6,26)27)19-9-7-8-16(3)17(19)4/h7-12,15H,13-14H2,1-6H3,(H,23,25). The van der Waals surface area contributed by atoms with E-state index in [0.717, 1.165) is 27.3 Å². The summed E-state index contributed by atoms with van der Waals surface area (Å²) in [5, 5.41) is 2.78. The fourth-order valence-electron chi connectivity index (χ4n) is 2.95. The maximum absolute atomic E-state index is 12.5. The van der Waals surface area contributed by atoms with Crippen molar-refractivity contribution in [2.75, 3.05) is 24.2 Å². The highest BCUT2D eigenvalue weighted by molar-refractivity contribution is 7.92. The van der Waals surface area contributed by atoms with Gasteiger partial charge in [-0.1, -0.05) is 18.2 Å². The lowest BCUT2D eigenvalue weighted by Gasteiger charge is -2.24. The first-order valence-corrected chi connectivity index (χ1v) is 11.5. The number of hydrogen-bond donors (Lipinski definition) is 1. The number of sulfonamides is 1. The number of rotatable bonds is 9. The van der Waals surface area contributed by atoms with Crippen molar-refractivity contribution in [3.63, 3.8) is 0 Å². The first kappa shape index (κ1) is 23.5. The maximum Gasteiger partial charge on any atom is 0.241 e. The Morgan fingerprint density at radius 1 is 1.13 bits per heavy atom. The largest absolute Gasteiger partial charge is 0.493 e. The molecule has 2 aromatic carbocycles. The molecule has 0 radical (unpaired) electrons. The number of carbonyl (C=O) groups is 1. The van der Waals surface area contributed by atoms with Crippen molar-refractivity contribution in [3.05, 3.63) is 53.1 Å². The topological polar surface area (TPSA) is 84.9 Å². The van der Waals surface area contributed by atoms with Crippen LogP contribution in [-0.4, -0.2) is 40.3 Å². The third-order valence-corrected chi connectivity index (χ3v) is 5.74. The van der Waals surface area contributed by atoms with E-state index in [-0.39, 0.29) is 19.2 Å². The molecule has 30 heavy (non-hydrogen) atoms. The molecule has 0 aliphatic rings. The minimum atomic E-state index is -3.63. The van der Waals surface area contributed by atoms with E-state index in [4.69, 9.17) is 9.47 Å². The SMILES string of the molecule is COc1cc(CNC(=O)CN(c2cccc(C)c2C)S(C)(=O)=O)ccc1OC(C)C. The highest BCUT2D eigenvalue weighted by Crippen LogP contribution is 2.29. The number of benzene rings is 2. The van der Waals surface area contributed by atoms with Crippen LogP contribution in [0.15, 0.2) is 36.4 Å². The predicted octanol–water partition coefficient (Wildman–Crippen LogP) is 3.18. The fourth-order valence-corrected chi connectivity index (χ4v) is 3.85. The van der Waals surface area contributed by atoms with Crippen LogP contribution in [0.4, 0.5) is 5.69 Å². The molecule has 7 nitrogen and oxygen atoms in total. The average molecular weight is 435 g/mol. The third kappa shape index (κ3) is 6.13. The lowest BCUT2D eigenvalue weighted by Crippen LogP contribution is -2.40. The van der Waals surface area contributed by atoms with Crippen LogP contribution in [0.25, 0.3) is 0 Å². The normalized spacial score (nSPS) is 11.3. The first-order valence-electron chi connectivity index (χ1n) is 9.67. The van der Waals surface area contributed by atoms with Gasteiger partial charge < -0.3 is 14.8 Å². The molecule has 2 aromatic rings. The van der Waals surface area contributed by atoms with Crippen LogP contribution in [0.2, 0.25) is 0 Å². The number of hydrogen-bond acceptors (Lipinski definition) is 5. The summed E-state index contributed by atoms with van der Waals surface area (Å²) in [5.41, 5.74) is 3.09. The number of nitrogens with one attached hydrogen (secondary N) is 1. The summed E-state index contributed by atoms with van der Waals surface area (Å²) in [6, 6.07) is 10.8. The number of amides is 1. The van der Waals surface area contributed by atoms with Crippen LogP contribution < -0.4 is 19.1 Å². The molecule has 0 aliphatic carbocycles. The van der Waals surface area contributed by atoms with E-state index >= 15 is 0 Å². The third-order valence-electron chi connectivity index (χ3n) is 4.61. The molecular weight excluding hydrogens is 404 g/mol. The summed E-state index contributed by atoms with van der Waals surface area (Å²) >= 11 is 0. The predicted molar refractivity (Wildman–Crippen MR) is 119 cm³/mol. The number of aryl methyl sites for hydroxylation is 1. The second kappa shape index (κ2) is 9.84. The van der Waals surface area contributed by atoms with Gasteiger partial charge in [0.05, 0.1) is 25.2 Å². The van der Waals surface area contributed by atoms with Gasteiger partial charge in [0.25, 0.3) is 0 Å². The zero-order valence-corrected chi connectivity index (χ0v) is 19.2. The van der Waals surface area contributed by atoms with Crippen molar-refractivity contribution in [1.82, 2.24) is 5.32 Å². The molecule has 2 rings (SSSR count). The molecule has 0 fully saturated rings. The van der Waals surface area contributed by atoms with E-state index in [9.17, 15) is 13.2 Å². The zero-order chi connectivity index (χ0) is 22.5. The van der Waals surface area contributed by atoms with Crippen LogP contribution >= 0.6 is 0 Å². The lowest BCUT2D eigenvalue weighted by molar-refractivity contribution is -0.119. The van der Waals surface area contributed by atoms with Gasteiger partial charge in [0.2, 0.25) is 15.9 Å². The molecule has 0 saturated heterocycles. The monoisotopic (exact) mass is 434 g/mol. The Balaban J connectivity index is 2.12. The quantitative estimate of drug-likeness (QED) is 0.655. The summed E-state index contributed by atoms with van der Waals surface area (Å²) < 4.78 is 36.8. The Hall–Kier alpha value is -2.74. The van der Waals surface area contributed by atoms with Crippen molar-refractivity contribution < 1.29 is 22.7 Å². The molecule has 0 atom stereocenters. The summed E-state index contributed by atoms with van der Waals surface area (Å²) in [6.45, 7) is 7.54. The fraction of sp³-hybridized carbons (Fsp3) is 0.409. The summed E-state index contributed by atoms with van der Waals surface area (Å²) in [4.78, 5) is 12.5. The molecule has 164 valence electrons. The Morgan fingerprint density at radius 3 is 2.43 bits per heavy atom. The molecule has 8 heteroatoms. The van der Waals surface area contributed by atoms with Crippen molar-refractivity contribution in [2.24, 2.45) is 0 Å². The van der Waals surface area contributed by atoms with Crippen LogP contribution in [-0.2, 0) is 21.4 Å². The summed E-state index contributed by atoms with van der Waals surface area (Å²) in [7, 11) is -2.07. The van der Waals surface area contributed by atoms with Gasteiger partial charge in [-0.2, -0.15) is 0 Å². The van der Waals surface area contributed by atoms with Gasteiger partial charge in [0.15, 0.2) is 11.5 Å². The molecule has 0 bridgehead atoms. The Labute approximate surface area is 179 Å². The minimum Gasteiger partial charge on any atom is -0.493 e. The van der Waals surface area contributed by atoms with Gasteiger partial charge in [-0.25, -0.2) is 8.42 Å². The highest BCUT2D eigenvalue weighted by atomic mass is 32.2. The molecule has 0 spiro atoms. The van der Waals surface area contributed by atoms with Crippen LogP contribution in [0, 0.1) is 13.8 Å². The van der Waals surface area contributed by atoms with Crippen molar-refractivity contribution in [2.45, 2.75) is 40.3 Å². The van der Waals surface area contributed by atoms with Crippen molar-refractivity contribution >= 4 is 21.6 Å². The second-order valence-electron chi connectivity index (χ2n) is 7.42. The van der Waals surface area contributed by atoms with E-state index in [0.29, 0.717) is 17.2 Å². The number of anilines is 1. The molecule has 1 amide bonds. The average Bonchev–Trinajstić information content (AvgIpc) is 2.66. The van der Waals surface area contributed by atoms with Crippen molar-refractivity contribution in [3.8, 4) is 11.5 Å². The van der Waals surface area contributed by atoms with E-state index in [1.54, 1.807) is 31.4 Å². The minimum absolute atomic E-state index is 0.0107. The summed E-state index contributed by atoms with van der Waals surface area (Å²) in [5.74, 6) is 0.798. The van der Waals surface area contributed by atoms with Crippen LogP contribution in [0.1, 0.15) is 30.5 Å². The number of ether oxygens (including phenoxy) is 2. The second-order valence-corrected chi connectivity index (χ2v) is 9.32. The lowest BCUT2D eigenvalue weighted by atomic mass is 10.1. The molecule has 0 unspecified atom stereocenters. The van der Waals surface area contributed by atoms with E-state index in [1.807, 2.05) is 39.8 Å². The highest BCUT2D eigenvalue weighted by Gasteiger charge is 2.22. The zero-order valence-electron chi connectivity index (χ0n) is 18.4. The molecule has 0 saturated carbocycles. The summed E-state index contributed by atoms with van der Waals surface area (Å²) in [6.07, 6.45) is 1.11. The Morgan fingerprint density at radius 2 is 1.83 bits per heavy atom. The van der Waals surface area contributed by atoms with Gasteiger partial charge in [-0.15, -0.1) is 0 Å². The molecule has 0 aromatic heterocycles. The number of nitrogens with zero attached hydrogens (tertiary/aromatic N) is 1. The van der Waals surface area contributed by atoms with Gasteiger partial charge in [-0.05, 0) is 62.6 Å². The van der Waals surface area contributed by atoms with E-state index in [1.165, 1.54) is 0 Å². The Bertz CT molecular complexity index is 1000. The van der Waals surface area contributed by atoms with Crippen LogP contribution in [0.3, 0.4) is 0 Å². The molecule has 0 aliphatic heterocycles. The van der Waals surface area contributed by atoms with E-state index in [2.05, 4.69) is 5.32 Å². The van der Waals surface area contributed by atoms with E-state index < -0.39 is 15.9 Å². The van der Waals surface area contributed by atoms with Gasteiger partial charge in [0, 0.05) is 6.54 Å². The Kier molecular flexibility index (Phi) is 7.72. The van der Waals surface area contributed by atoms with Crippen LogP contribution in [0.5, 0.6) is 11.5 Å². The molecule has 0 heterocycles. The van der Waals surface area contributed by atoms with Gasteiger partial charge >= 0.3 is 0 Å². The molecule has 1 N–H and O–H groups in total. The smallest absolute Gasteiger partial charge is 0.241 e. The molecular formula is C22H30N2O5S. The maximum atomic E-state index is 12.5. The van der Waals surface area contributed by atoms with Gasteiger partial charge in [-0.3, -0.25) is 9.10 Å². The first-order chi connectivity index (χ1) is 14.0. The number of methoxy groups -OCH3 is 1. The van der Waals surface area contributed by atoms with Crippen molar-refractivity contribution in [1.29, 1.82) is 0 Å². The van der Waals surface area contributed by atoms with Gasteiger partial charge in [0.1, 0.15) is 6.54 Å².